The molecule has 2 aliphatic carbocycles. The van der Waals surface area contributed by atoms with Crippen molar-refractivity contribution in [3.05, 3.63) is 23.5 Å². The number of carbonyl (C=O) groups is 1. The molecule has 2 aliphatic rings. The van der Waals surface area contributed by atoms with Crippen LogP contribution in [-0.4, -0.2) is 28.1 Å². The van der Waals surface area contributed by atoms with Crippen molar-refractivity contribution < 1.29 is 9.90 Å². The molecule has 0 spiro atoms. The predicted octanol–water partition coefficient (Wildman–Crippen LogP) is 2.95. The SMILES string of the molecule is CC(C)(CNC(=O)c1[nH]ccc1C1CC1)C1(O)CCCC1. The van der Waals surface area contributed by atoms with Crippen molar-refractivity contribution in [2.24, 2.45) is 5.41 Å². The number of hydrogen-bond donors (Lipinski definition) is 3. The summed E-state index contributed by atoms with van der Waals surface area (Å²) in [5, 5.41) is 13.8. The van der Waals surface area contributed by atoms with E-state index in [4.69, 9.17) is 0 Å². The first-order chi connectivity index (χ1) is 9.93. The van der Waals surface area contributed by atoms with E-state index in [1.165, 1.54) is 12.8 Å². The smallest absolute Gasteiger partial charge is 0.268 e. The average molecular weight is 290 g/mol. The van der Waals surface area contributed by atoms with Gasteiger partial charge in [-0.2, -0.15) is 0 Å². The average Bonchev–Trinajstić information content (AvgIpc) is 2.99. The summed E-state index contributed by atoms with van der Waals surface area (Å²) in [6.45, 7) is 4.61. The lowest BCUT2D eigenvalue weighted by Crippen LogP contribution is -2.49. The van der Waals surface area contributed by atoms with Crippen molar-refractivity contribution in [3.8, 4) is 0 Å². The van der Waals surface area contributed by atoms with Gasteiger partial charge in [0, 0.05) is 18.2 Å². The molecular weight excluding hydrogens is 264 g/mol. The molecule has 4 nitrogen and oxygen atoms in total. The van der Waals surface area contributed by atoms with Crippen LogP contribution in [0.25, 0.3) is 0 Å². The van der Waals surface area contributed by atoms with Crippen LogP contribution >= 0.6 is 0 Å². The minimum absolute atomic E-state index is 0.0448. The Bertz CT molecular complexity index is 523. The molecule has 0 bridgehead atoms. The van der Waals surface area contributed by atoms with Gasteiger partial charge in [-0.1, -0.05) is 26.7 Å². The second-order valence-electron chi connectivity index (χ2n) is 7.39. The van der Waals surface area contributed by atoms with Gasteiger partial charge in [-0.05, 0) is 43.2 Å². The fourth-order valence-electron chi connectivity index (χ4n) is 3.50. The third-order valence-electron chi connectivity index (χ3n) is 5.40. The summed E-state index contributed by atoms with van der Waals surface area (Å²) in [5.74, 6) is 0.514. The number of hydrogen-bond acceptors (Lipinski definition) is 2. The molecule has 1 heterocycles. The molecule has 2 saturated carbocycles. The molecule has 3 N–H and O–H groups in total. The van der Waals surface area contributed by atoms with Crippen LogP contribution in [0.2, 0.25) is 0 Å². The van der Waals surface area contributed by atoms with E-state index in [0.29, 0.717) is 18.2 Å². The molecule has 2 fully saturated rings. The summed E-state index contributed by atoms with van der Waals surface area (Å²) >= 11 is 0. The molecule has 1 aromatic rings. The van der Waals surface area contributed by atoms with Gasteiger partial charge in [-0.25, -0.2) is 0 Å². The second-order valence-corrected chi connectivity index (χ2v) is 7.39. The molecule has 0 aromatic carbocycles. The van der Waals surface area contributed by atoms with Crippen molar-refractivity contribution >= 4 is 5.91 Å². The Morgan fingerprint density at radius 1 is 1.43 bits per heavy atom. The number of carbonyl (C=O) groups excluding carboxylic acids is 1. The van der Waals surface area contributed by atoms with Crippen LogP contribution in [0, 0.1) is 5.41 Å². The zero-order valence-electron chi connectivity index (χ0n) is 13.0. The fourth-order valence-corrected chi connectivity index (χ4v) is 3.50. The van der Waals surface area contributed by atoms with Gasteiger partial charge in [0.25, 0.3) is 5.91 Å². The van der Waals surface area contributed by atoms with Crippen LogP contribution in [0.1, 0.15) is 74.3 Å². The number of aromatic amines is 1. The lowest BCUT2D eigenvalue weighted by atomic mass is 9.73. The van der Waals surface area contributed by atoms with Crippen LogP contribution in [0.4, 0.5) is 0 Å². The predicted molar refractivity (Wildman–Crippen MR) is 82.3 cm³/mol. The van der Waals surface area contributed by atoms with E-state index >= 15 is 0 Å². The minimum Gasteiger partial charge on any atom is -0.389 e. The van der Waals surface area contributed by atoms with Crippen LogP contribution in [0.3, 0.4) is 0 Å². The maximum atomic E-state index is 12.4. The van der Waals surface area contributed by atoms with Gasteiger partial charge in [0.2, 0.25) is 0 Å². The highest BCUT2D eigenvalue weighted by Crippen LogP contribution is 2.43. The number of aliphatic hydroxyl groups is 1. The van der Waals surface area contributed by atoms with Crippen molar-refractivity contribution in [3.63, 3.8) is 0 Å². The first kappa shape index (κ1) is 14.6. The summed E-state index contributed by atoms with van der Waals surface area (Å²) in [6.07, 6.45) is 8.05. The van der Waals surface area contributed by atoms with Crippen LogP contribution in [-0.2, 0) is 0 Å². The van der Waals surface area contributed by atoms with Crippen molar-refractivity contribution in [1.29, 1.82) is 0 Å². The Morgan fingerprint density at radius 3 is 2.71 bits per heavy atom. The minimum atomic E-state index is -0.644. The lowest BCUT2D eigenvalue weighted by Gasteiger charge is -2.40. The maximum Gasteiger partial charge on any atom is 0.268 e. The highest BCUT2D eigenvalue weighted by molar-refractivity contribution is 5.94. The van der Waals surface area contributed by atoms with E-state index in [0.717, 1.165) is 31.2 Å². The summed E-state index contributed by atoms with van der Waals surface area (Å²) in [7, 11) is 0. The molecule has 4 heteroatoms. The zero-order valence-corrected chi connectivity index (χ0v) is 13.0. The van der Waals surface area contributed by atoms with E-state index < -0.39 is 5.60 Å². The summed E-state index contributed by atoms with van der Waals surface area (Å²) < 4.78 is 0. The van der Waals surface area contributed by atoms with Crippen molar-refractivity contribution in [2.45, 2.75) is 63.9 Å². The van der Waals surface area contributed by atoms with Crippen LogP contribution < -0.4 is 5.32 Å². The molecule has 1 aromatic heterocycles. The summed E-state index contributed by atoms with van der Waals surface area (Å²) in [5.41, 5.74) is 0.900. The van der Waals surface area contributed by atoms with E-state index in [1.807, 2.05) is 12.3 Å². The van der Waals surface area contributed by atoms with E-state index in [2.05, 4.69) is 24.1 Å². The molecule has 21 heavy (non-hydrogen) atoms. The van der Waals surface area contributed by atoms with Gasteiger partial charge in [0.05, 0.1) is 5.60 Å². The Morgan fingerprint density at radius 2 is 2.10 bits per heavy atom. The first-order valence-electron chi connectivity index (χ1n) is 8.11. The highest BCUT2D eigenvalue weighted by atomic mass is 16.3. The van der Waals surface area contributed by atoms with Gasteiger partial charge in [-0.3, -0.25) is 4.79 Å². The third kappa shape index (κ3) is 2.73. The van der Waals surface area contributed by atoms with Gasteiger partial charge in [0.1, 0.15) is 5.69 Å². The van der Waals surface area contributed by atoms with E-state index in [9.17, 15) is 9.90 Å². The third-order valence-corrected chi connectivity index (χ3v) is 5.40. The molecule has 116 valence electrons. The largest absolute Gasteiger partial charge is 0.389 e. The number of rotatable bonds is 5. The molecular formula is C17H26N2O2. The van der Waals surface area contributed by atoms with Gasteiger partial charge in [-0.15, -0.1) is 0 Å². The van der Waals surface area contributed by atoms with Gasteiger partial charge in [0.15, 0.2) is 0 Å². The van der Waals surface area contributed by atoms with Gasteiger partial charge < -0.3 is 15.4 Å². The molecule has 0 radical (unpaired) electrons. The summed E-state index contributed by atoms with van der Waals surface area (Å²) in [6, 6.07) is 2.02. The standard InChI is InChI=1S/C17H26N2O2/c1-16(2,17(21)8-3-4-9-17)11-19-15(20)14-13(7-10-18-14)12-5-6-12/h7,10,12,18,21H,3-6,8-9,11H2,1-2H3,(H,19,20). The van der Waals surface area contributed by atoms with Crippen molar-refractivity contribution in [2.75, 3.05) is 6.54 Å². The van der Waals surface area contributed by atoms with Crippen LogP contribution in [0.15, 0.2) is 12.3 Å². The second kappa shape index (κ2) is 5.16. The van der Waals surface area contributed by atoms with E-state index in [1.54, 1.807) is 0 Å². The summed E-state index contributed by atoms with van der Waals surface area (Å²) in [4.78, 5) is 15.5. The molecule has 0 atom stereocenters. The topological polar surface area (TPSA) is 65.1 Å². The Hall–Kier alpha value is -1.29. The molecule has 3 rings (SSSR count). The number of amides is 1. The number of H-pyrrole nitrogens is 1. The number of aromatic nitrogens is 1. The lowest BCUT2D eigenvalue weighted by molar-refractivity contribution is -0.0590. The maximum absolute atomic E-state index is 12.4. The molecule has 0 unspecified atom stereocenters. The van der Waals surface area contributed by atoms with Gasteiger partial charge >= 0.3 is 0 Å². The normalized spacial score (nSPS) is 21.5. The Kier molecular flexibility index (Phi) is 3.60. The highest BCUT2D eigenvalue weighted by Gasteiger charge is 2.45. The zero-order chi connectivity index (χ0) is 15.1. The molecule has 0 aliphatic heterocycles. The molecule has 0 saturated heterocycles. The number of nitrogens with one attached hydrogen (secondary N) is 2. The first-order valence-corrected chi connectivity index (χ1v) is 8.11. The Balaban J connectivity index is 1.64. The Labute approximate surface area is 126 Å². The molecule has 1 amide bonds. The van der Waals surface area contributed by atoms with Crippen LogP contribution in [0.5, 0.6) is 0 Å². The fraction of sp³-hybridized carbons (Fsp3) is 0.706. The van der Waals surface area contributed by atoms with Crippen molar-refractivity contribution in [1.82, 2.24) is 10.3 Å². The monoisotopic (exact) mass is 290 g/mol. The van der Waals surface area contributed by atoms with E-state index in [-0.39, 0.29) is 11.3 Å². The quantitative estimate of drug-likeness (QED) is 0.780.